The van der Waals surface area contributed by atoms with Crippen LogP contribution in [0.2, 0.25) is 0 Å². The number of rotatable bonds is 13. The number of aliphatic hydroxyl groups excluding tert-OH is 4. The van der Waals surface area contributed by atoms with E-state index in [1.54, 1.807) is 18.2 Å². The number of quaternary nitrogens is 1. The first kappa shape index (κ1) is 41.5. The molecule has 0 spiro atoms. The molecule has 0 aromatic heterocycles. The normalized spacial score (nSPS) is 21.4. The number of aliphatic hydroxyl groups is 4. The highest BCUT2D eigenvalue weighted by Gasteiger charge is 2.44. The first-order chi connectivity index (χ1) is 22.9. The molecule has 19 heteroatoms. The third-order valence-corrected chi connectivity index (χ3v) is 7.92. The van der Waals surface area contributed by atoms with E-state index in [0.717, 1.165) is 11.0 Å². The van der Waals surface area contributed by atoms with Crippen LogP contribution in [0, 0.1) is 0 Å². The first-order valence-electron chi connectivity index (χ1n) is 14.5. The summed E-state index contributed by atoms with van der Waals surface area (Å²) in [6.07, 6.45) is -3.02. The van der Waals surface area contributed by atoms with Crippen LogP contribution >= 0.6 is 11.8 Å². The van der Waals surface area contributed by atoms with Crippen molar-refractivity contribution in [2.24, 2.45) is 5.16 Å². The molecule has 274 valence electrons. The molecule has 0 aliphatic carbocycles. The summed E-state index contributed by atoms with van der Waals surface area (Å²) in [7, 11) is 4.09. The molecule has 1 aliphatic rings. The maximum atomic E-state index is 11.7. The zero-order valence-electron chi connectivity index (χ0n) is 27.4. The van der Waals surface area contributed by atoms with E-state index in [1.807, 2.05) is 21.1 Å². The Morgan fingerprint density at radius 2 is 1.59 bits per heavy atom. The molecule has 0 amide bonds. The molecule has 1 fully saturated rings. The number of oxime groups is 1. The van der Waals surface area contributed by atoms with Gasteiger partial charge in [0.1, 0.15) is 53.8 Å². The fraction of sp³-hybridized carbons (Fsp3) is 0.467. The van der Waals surface area contributed by atoms with Gasteiger partial charge < -0.3 is 54.1 Å². The van der Waals surface area contributed by atoms with E-state index in [1.165, 1.54) is 44.6 Å². The Labute approximate surface area is 288 Å². The highest BCUT2D eigenvalue weighted by atomic mass is 32.3. The van der Waals surface area contributed by atoms with Gasteiger partial charge in [-0.15, -0.1) is 0 Å². The van der Waals surface area contributed by atoms with Crippen LogP contribution in [0.3, 0.4) is 0 Å². The second-order valence-electron chi connectivity index (χ2n) is 11.4. The predicted octanol–water partition coefficient (Wildman–Crippen LogP) is 0.273. The fourth-order valence-electron chi connectivity index (χ4n) is 3.91. The Morgan fingerprint density at radius 1 is 1.00 bits per heavy atom. The van der Waals surface area contributed by atoms with Gasteiger partial charge in [-0.2, -0.15) is 8.42 Å². The van der Waals surface area contributed by atoms with Crippen molar-refractivity contribution in [2.45, 2.75) is 36.3 Å². The van der Waals surface area contributed by atoms with E-state index in [-0.39, 0.29) is 34.5 Å². The fourth-order valence-corrected chi connectivity index (χ4v) is 5.24. The van der Waals surface area contributed by atoms with Crippen molar-refractivity contribution >= 4 is 39.2 Å². The van der Waals surface area contributed by atoms with Crippen LogP contribution in [-0.2, 0) is 35.4 Å². The lowest BCUT2D eigenvalue weighted by molar-refractivity contribution is -0.870. The lowest BCUT2D eigenvalue weighted by Crippen LogP contribution is -2.57. The monoisotopic (exact) mass is 735 g/mol. The van der Waals surface area contributed by atoms with E-state index < -0.39 is 52.8 Å². The van der Waals surface area contributed by atoms with Gasteiger partial charge in [0.15, 0.2) is 11.5 Å². The molecule has 1 aliphatic heterocycles. The third-order valence-electron chi connectivity index (χ3n) is 6.55. The summed E-state index contributed by atoms with van der Waals surface area (Å²) in [5, 5.41) is 61.3. The van der Waals surface area contributed by atoms with Crippen LogP contribution < -0.4 is 9.47 Å². The minimum absolute atomic E-state index is 0.00742. The molecule has 7 N–H and O–H groups in total. The van der Waals surface area contributed by atoms with E-state index in [0.29, 0.717) is 29.5 Å². The summed E-state index contributed by atoms with van der Waals surface area (Å²) in [4.78, 5) is 11.7. The van der Waals surface area contributed by atoms with Crippen molar-refractivity contribution < 1.29 is 76.1 Å². The van der Waals surface area contributed by atoms with Gasteiger partial charge >= 0.3 is 16.4 Å². The molecule has 5 atom stereocenters. The number of phenolic OH excluding ortho intramolecular Hbond substituents is 2. The van der Waals surface area contributed by atoms with Gasteiger partial charge in [0.25, 0.3) is 0 Å². The number of methoxy groups -OCH3 is 2. The number of thioether (sulfide) groups is 1. The number of aromatic hydroxyl groups is 2. The van der Waals surface area contributed by atoms with Crippen molar-refractivity contribution in [1.29, 1.82) is 0 Å². The maximum absolute atomic E-state index is 11.7. The van der Waals surface area contributed by atoms with E-state index >= 15 is 0 Å². The molecule has 2 aromatic carbocycles. The number of carbonyl (C=O) groups is 1. The van der Waals surface area contributed by atoms with Crippen LogP contribution in [0.1, 0.15) is 11.1 Å². The predicted molar refractivity (Wildman–Crippen MR) is 177 cm³/mol. The van der Waals surface area contributed by atoms with Crippen molar-refractivity contribution in [2.75, 3.05) is 55.1 Å². The maximum Gasteiger partial charge on any atom is 0.466 e. The number of likely N-dealkylation sites (N-methyl/N-ethyl adjacent to an activating group) is 1. The number of hydrogen-bond donors (Lipinski definition) is 7. The van der Waals surface area contributed by atoms with Crippen molar-refractivity contribution in [1.82, 2.24) is 0 Å². The van der Waals surface area contributed by atoms with Gasteiger partial charge in [-0.25, -0.2) is 9.08 Å². The van der Waals surface area contributed by atoms with Gasteiger partial charge in [-0.3, -0.25) is 4.55 Å². The SMILES string of the molecule is COc1cc(/C=C/C(=O)OCC[N+](C)(C)C)cc(OC)c1O.O=S(=O)(O)O/N=C(\Cc1ccc(O)cc1)SC1OC(CO)C(O)C(O)C1O. The van der Waals surface area contributed by atoms with E-state index in [9.17, 15) is 43.9 Å². The topological polar surface area (TPSA) is 251 Å². The number of hydrogen-bond acceptors (Lipinski definition) is 16. The zero-order valence-corrected chi connectivity index (χ0v) is 29.1. The van der Waals surface area contributed by atoms with Gasteiger partial charge in [0, 0.05) is 12.5 Å². The quantitative estimate of drug-likeness (QED) is 0.0277. The third kappa shape index (κ3) is 14.4. The van der Waals surface area contributed by atoms with E-state index in [2.05, 4.69) is 9.44 Å². The van der Waals surface area contributed by atoms with Crippen molar-refractivity contribution in [3.63, 3.8) is 0 Å². The molecular weight excluding hydrogens is 692 g/mol. The lowest BCUT2D eigenvalue weighted by atomic mass is 10.0. The molecular formula is C30H43N2O15S2+. The Bertz CT molecular complexity index is 1500. The Hall–Kier alpha value is -3.66. The summed E-state index contributed by atoms with van der Waals surface area (Å²) >= 11 is 0.671. The molecule has 0 saturated carbocycles. The number of nitrogens with zero attached hydrogens (tertiary/aromatic N) is 2. The minimum Gasteiger partial charge on any atom is -0.508 e. The number of carbonyl (C=O) groups excluding carboxylic acids is 1. The van der Waals surface area contributed by atoms with Crippen LogP contribution in [-0.4, -0.2) is 144 Å². The van der Waals surface area contributed by atoms with Gasteiger partial charge in [-0.05, 0) is 41.5 Å². The van der Waals surface area contributed by atoms with E-state index in [4.69, 9.17) is 23.5 Å². The average Bonchev–Trinajstić information content (AvgIpc) is 3.03. The second-order valence-corrected chi connectivity index (χ2v) is 13.6. The summed E-state index contributed by atoms with van der Waals surface area (Å²) in [6, 6.07) is 9.02. The molecule has 1 heterocycles. The molecule has 3 rings (SSSR count). The van der Waals surface area contributed by atoms with Crippen molar-refractivity contribution in [3.8, 4) is 23.0 Å². The number of phenols is 2. The largest absolute Gasteiger partial charge is 0.508 e. The highest BCUT2D eigenvalue weighted by molar-refractivity contribution is 8.14. The summed E-state index contributed by atoms with van der Waals surface area (Å²) in [5.74, 6) is 0.0648. The van der Waals surface area contributed by atoms with Crippen LogP contribution in [0.4, 0.5) is 0 Å². The zero-order chi connectivity index (χ0) is 36.9. The van der Waals surface area contributed by atoms with Crippen LogP contribution in [0.15, 0.2) is 47.6 Å². The summed E-state index contributed by atoms with van der Waals surface area (Å²) in [5.41, 5.74) is 0.0130. The molecule has 2 aromatic rings. The molecule has 0 radical (unpaired) electrons. The van der Waals surface area contributed by atoms with Crippen molar-refractivity contribution in [3.05, 3.63) is 53.6 Å². The molecule has 5 unspecified atom stereocenters. The standard InChI is InChI=1S/C16H23NO5.C14H19NO10S2/c1-17(2,3)8-9-22-15(18)7-6-12-10-13(20-4)16(19)14(11-12)21-5;16-6-9-11(18)12(19)13(20)14(24-9)26-10(15-25-27(21,22)23)5-7-1-3-8(17)4-2-7/h6-7,10-11H,8-9H2,1-5H3;1-4,9,11-14,16-20H,5-6H2,(H,21,22,23)/p+1/b;15-10+. The van der Waals surface area contributed by atoms with Crippen LogP contribution in [0.25, 0.3) is 6.08 Å². The molecule has 49 heavy (non-hydrogen) atoms. The first-order valence-corrected chi connectivity index (χ1v) is 16.7. The van der Waals surface area contributed by atoms with Crippen LogP contribution in [0.5, 0.6) is 23.0 Å². The summed E-state index contributed by atoms with van der Waals surface area (Å²) in [6.45, 7) is 0.462. The number of esters is 1. The molecule has 1 saturated heterocycles. The molecule has 0 bridgehead atoms. The highest BCUT2D eigenvalue weighted by Crippen LogP contribution is 2.37. The molecule has 17 nitrogen and oxygen atoms in total. The average molecular weight is 736 g/mol. The Balaban J connectivity index is 0.000000348. The lowest BCUT2D eigenvalue weighted by Gasteiger charge is -2.39. The number of ether oxygens (including phenoxy) is 4. The minimum atomic E-state index is -4.88. The number of benzene rings is 2. The summed E-state index contributed by atoms with van der Waals surface area (Å²) < 4.78 is 55.5. The van der Waals surface area contributed by atoms with Gasteiger partial charge in [0.05, 0.1) is 42.0 Å². The smallest absolute Gasteiger partial charge is 0.466 e. The van der Waals surface area contributed by atoms with Gasteiger partial charge in [0.2, 0.25) is 5.75 Å². The Morgan fingerprint density at radius 3 is 2.10 bits per heavy atom. The second kappa shape index (κ2) is 18.9. The van der Waals surface area contributed by atoms with Gasteiger partial charge in [-0.1, -0.05) is 29.1 Å². The Kier molecular flexibility index (Phi) is 16.0.